The second kappa shape index (κ2) is 5.11. The van der Waals surface area contributed by atoms with E-state index in [1.807, 2.05) is 0 Å². The summed E-state index contributed by atoms with van der Waals surface area (Å²) >= 11 is 0. The maximum absolute atomic E-state index is 13.5. The average molecular weight is 214 g/mol. The third-order valence-electron chi connectivity index (χ3n) is 2.00. The van der Waals surface area contributed by atoms with Gasteiger partial charge >= 0.3 is 7.12 Å². The maximum atomic E-state index is 13.5. The summed E-state index contributed by atoms with van der Waals surface area (Å²) < 4.78 is 23.1. The zero-order valence-electron chi connectivity index (χ0n) is 8.53. The van der Waals surface area contributed by atoms with Crippen LogP contribution in [0.15, 0.2) is 12.1 Å². The first-order valence-electron chi connectivity index (χ1n) is 4.34. The lowest BCUT2D eigenvalue weighted by Crippen LogP contribution is -2.32. The third-order valence-corrected chi connectivity index (χ3v) is 2.00. The molecule has 1 aromatic rings. The van der Waals surface area contributed by atoms with Gasteiger partial charge < -0.3 is 19.5 Å². The van der Waals surface area contributed by atoms with Crippen molar-refractivity contribution in [3.05, 3.63) is 23.5 Å². The molecule has 0 spiro atoms. The quantitative estimate of drug-likeness (QED) is 0.538. The molecule has 0 amide bonds. The number of ether oxygens (including phenoxy) is 2. The van der Waals surface area contributed by atoms with Crippen molar-refractivity contribution in [2.24, 2.45) is 0 Å². The Morgan fingerprint density at radius 1 is 1.40 bits per heavy atom. The largest absolute Gasteiger partial charge is 0.488 e. The highest BCUT2D eigenvalue weighted by molar-refractivity contribution is 6.59. The molecule has 0 aromatic heterocycles. The highest BCUT2D eigenvalue weighted by atomic mass is 19.1. The van der Waals surface area contributed by atoms with E-state index in [0.29, 0.717) is 0 Å². The molecule has 0 heterocycles. The number of benzene rings is 1. The Bertz CT molecular complexity index is 343. The molecule has 2 N–H and O–H groups in total. The van der Waals surface area contributed by atoms with Gasteiger partial charge in [0.05, 0.1) is 0 Å². The van der Waals surface area contributed by atoms with Crippen molar-refractivity contribution < 1.29 is 23.9 Å². The summed E-state index contributed by atoms with van der Waals surface area (Å²) in [5, 5.41) is 17.8. The van der Waals surface area contributed by atoms with E-state index in [4.69, 9.17) is 14.8 Å². The molecule has 0 atom stereocenters. The monoisotopic (exact) mass is 214 g/mol. The summed E-state index contributed by atoms with van der Waals surface area (Å²) in [5.74, 6) is -0.587. The van der Waals surface area contributed by atoms with E-state index in [2.05, 4.69) is 4.74 Å². The third kappa shape index (κ3) is 2.68. The first kappa shape index (κ1) is 12.0. The highest BCUT2D eigenvalue weighted by Gasteiger charge is 2.18. The van der Waals surface area contributed by atoms with Gasteiger partial charge in [0.25, 0.3) is 0 Å². The molecular formula is C9H12BFO4. The fourth-order valence-corrected chi connectivity index (χ4v) is 1.19. The Balaban J connectivity index is 2.99. The molecule has 1 aromatic carbocycles. The molecule has 0 radical (unpaired) electrons. The normalized spacial score (nSPS) is 10.2. The van der Waals surface area contributed by atoms with Crippen molar-refractivity contribution >= 4 is 12.6 Å². The van der Waals surface area contributed by atoms with Crippen LogP contribution in [0.2, 0.25) is 0 Å². The van der Waals surface area contributed by atoms with Crippen molar-refractivity contribution in [1.82, 2.24) is 0 Å². The van der Waals surface area contributed by atoms with Crippen molar-refractivity contribution in [2.75, 3.05) is 13.9 Å². The summed E-state index contributed by atoms with van der Waals surface area (Å²) in [7, 11) is -0.257. The zero-order valence-corrected chi connectivity index (χ0v) is 8.53. The van der Waals surface area contributed by atoms with Crippen LogP contribution in [0.3, 0.4) is 0 Å². The first-order chi connectivity index (χ1) is 7.07. The van der Waals surface area contributed by atoms with Gasteiger partial charge in [0.1, 0.15) is 0 Å². The average Bonchev–Trinajstić information content (AvgIpc) is 2.20. The van der Waals surface area contributed by atoms with Crippen LogP contribution in [0.25, 0.3) is 0 Å². The summed E-state index contributed by atoms with van der Waals surface area (Å²) in [6.07, 6.45) is 0. The molecule has 4 nitrogen and oxygen atoms in total. The molecule has 0 saturated heterocycles. The van der Waals surface area contributed by atoms with Gasteiger partial charge in [0.15, 0.2) is 18.4 Å². The lowest BCUT2D eigenvalue weighted by atomic mass is 9.77. The summed E-state index contributed by atoms with van der Waals surface area (Å²) in [4.78, 5) is 0. The molecule has 0 aliphatic rings. The molecule has 0 unspecified atom stereocenters. The smallest absolute Gasteiger partial charge is 0.464 e. The lowest BCUT2D eigenvalue weighted by Gasteiger charge is -2.10. The van der Waals surface area contributed by atoms with E-state index < -0.39 is 12.9 Å². The SMILES string of the molecule is COCOc1ccc(B(O)O)c(C)c1F. The van der Waals surface area contributed by atoms with Crippen LogP contribution < -0.4 is 10.2 Å². The fraction of sp³-hybridized carbons (Fsp3) is 0.333. The number of hydrogen-bond donors (Lipinski definition) is 2. The Morgan fingerprint density at radius 2 is 2.07 bits per heavy atom. The Morgan fingerprint density at radius 3 is 2.60 bits per heavy atom. The van der Waals surface area contributed by atoms with E-state index in [-0.39, 0.29) is 23.6 Å². The van der Waals surface area contributed by atoms with Crippen LogP contribution >= 0.6 is 0 Å². The van der Waals surface area contributed by atoms with Crippen LogP contribution in [0, 0.1) is 12.7 Å². The van der Waals surface area contributed by atoms with Gasteiger partial charge in [-0.15, -0.1) is 0 Å². The van der Waals surface area contributed by atoms with Gasteiger partial charge in [-0.1, -0.05) is 6.07 Å². The number of rotatable bonds is 4. The maximum Gasteiger partial charge on any atom is 0.488 e. The van der Waals surface area contributed by atoms with Crippen molar-refractivity contribution in [3.8, 4) is 5.75 Å². The lowest BCUT2D eigenvalue weighted by molar-refractivity contribution is 0.0482. The van der Waals surface area contributed by atoms with Crippen LogP contribution in [0.4, 0.5) is 4.39 Å². The molecule has 0 aliphatic carbocycles. The van der Waals surface area contributed by atoms with E-state index in [1.54, 1.807) is 0 Å². The van der Waals surface area contributed by atoms with Gasteiger partial charge in [-0.2, -0.15) is 0 Å². The molecule has 0 saturated carbocycles. The molecule has 15 heavy (non-hydrogen) atoms. The van der Waals surface area contributed by atoms with Crippen LogP contribution in [-0.4, -0.2) is 31.1 Å². The molecule has 0 fully saturated rings. The second-order valence-electron chi connectivity index (χ2n) is 3.02. The van der Waals surface area contributed by atoms with E-state index in [0.717, 1.165) is 0 Å². The Kier molecular flexibility index (Phi) is 4.08. The van der Waals surface area contributed by atoms with E-state index >= 15 is 0 Å². The summed E-state index contributed by atoms with van der Waals surface area (Å²) in [6.45, 7) is 1.39. The highest BCUT2D eigenvalue weighted by Crippen LogP contribution is 2.18. The Hall–Kier alpha value is -1.11. The minimum atomic E-state index is -1.68. The molecular weight excluding hydrogens is 202 g/mol. The number of halogens is 1. The molecule has 0 aliphatic heterocycles. The molecule has 1 rings (SSSR count). The van der Waals surface area contributed by atoms with Gasteiger partial charge in [-0.05, 0) is 24.0 Å². The van der Waals surface area contributed by atoms with Gasteiger partial charge in [0.2, 0.25) is 0 Å². The molecule has 0 bridgehead atoms. The van der Waals surface area contributed by atoms with E-state index in [9.17, 15) is 4.39 Å². The second-order valence-corrected chi connectivity index (χ2v) is 3.02. The predicted octanol–water partition coefficient (Wildman–Crippen LogP) is -0.203. The van der Waals surface area contributed by atoms with Gasteiger partial charge in [-0.25, -0.2) is 4.39 Å². The fourth-order valence-electron chi connectivity index (χ4n) is 1.19. The number of methoxy groups -OCH3 is 1. The minimum Gasteiger partial charge on any atom is -0.464 e. The standard InChI is InChI=1S/C9H12BFO4/c1-6-7(10(12)13)3-4-8(9(6)11)15-5-14-2/h3-4,12-13H,5H2,1-2H3. The minimum absolute atomic E-state index is 0.0266. The predicted molar refractivity (Wildman–Crippen MR) is 53.5 cm³/mol. The zero-order chi connectivity index (χ0) is 11.4. The number of hydrogen-bond acceptors (Lipinski definition) is 4. The Labute approximate surface area is 87.4 Å². The topological polar surface area (TPSA) is 58.9 Å². The van der Waals surface area contributed by atoms with Gasteiger partial charge in [-0.3, -0.25) is 0 Å². The van der Waals surface area contributed by atoms with Crippen molar-refractivity contribution in [3.63, 3.8) is 0 Å². The van der Waals surface area contributed by atoms with Crippen LogP contribution in [-0.2, 0) is 4.74 Å². The van der Waals surface area contributed by atoms with Crippen LogP contribution in [0.1, 0.15) is 5.56 Å². The molecule has 6 heteroatoms. The molecule has 82 valence electrons. The van der Waals surface area contributed by atoms with Crippen LogP contribution in [0.5, 0.6) is 5.75 Å². The summed E-state index contributed by atoms with van der Waals surface area (Å²) in [6, 6.07) is 2.73. The summed E-state index contributed by atoms with van der Waals surface area (Å²) in [5.41, 5.74) is 0.274. The first-order valence-corrected chi connectivity index (χ1v) is 4.34. The van der Waals surface area contributed by atoms with E-state index in [1.165, 1.54) is 26.2 Å². The van der Waals surface area contributed by atoms with Crippen molar-refractivity contribution in [1.29, 1.82) is 0 Å². The van der Waals surface area contributed by atoms with Crippen molar-refractivity contribution in [2.45, 2.75) is 6.92 Å². The van der Waals surface area contributed by atoms with Gasteiger partial charge in [0, 0.05) is 7.11 Å².